The SMILES string of the molecule is Cc1ccc(S(=O)(=O)N2CCn3cccc3[C@@H]2c2cccs2)cc1. The average Bonchev–Trinajstić information content (AvgIpc) is 3.25. The number of sulfonamides is 1. The Balaban J connectivity index is 1.83. The number of aryl methyl sites for hydroxylation is 1. The van der Waals surface area contributed by atoms with E-state index < -0.39 is 10.0 Å². The van der Waals surface area contributed by atoms with Crippen LogP contribution >= 0.6 is 11.3 Å². The first-order valence-electron chi connectivity index (χ1n) is 7.84. The summed E-state index contributed by atoms with van der Waals surface area (Å²) in [7, 11) is -3.55. The summed E-state index contributed by atoms with van der Waals surface area (Å²) in [4.78, 5) is 1.40. The van der Waals surface area contributed by atoms with Gasteiger partial charge in [-0.2, -0.15) is 4.31 Å². The molecule has 124 valence electrons. The Morgan fingerprint density at radius 1 is 1.04 bits per heavy atom. The molecule has 0 amide bonds. The molecule has 3 heterocycles. The van der Waals surface area contributed by atoms with E-state index in [1.807, 2.05) is 54.9 Å². The second-order valence-electron chi connectivity index (χ2n) is 5.97. The Morgan fingerprint density at radius 3 is 2.54 bits per heavy atom. The first-order chi connectivity index (χ1) is 11.6. The fourth-order valence-corrected chi connectivity index (χ4v) is 5.69. The lowest BCUT2D eigenvalue weighted by Crippen LogP contribution is -2.42. The molecule has 0 saturated heterocycles. The highest BCUT2D eigenvalue weighted by atomic mass is 32.2. The molecule has 0 unspecified atom stereocenters. The van der Waals surface area contributed by atoms with Crippen LogP contribution < -0.4 is 0 Å². The van der Waals surface area contributed by atoms with Crippen LogP contribution in [0.25, 0.3) is 0 Å². The normalized spacial score (nSPS) is 18.5. The van der Waals surface area contributed by atoms with Crippen molar-refractivity contribution in [3.05, 3.63) is 76.2 Å². The minimum absolute atomic E-state index is 0.264. The first-order valence-corrected chi connectivity index (χ1v) is 10.2. The van der Waals surface area contributed by atoms with Crippen molar-refractivity contribution < 1.29 is 8.42 Å². The fraction of sp³-hybridized carbons (Fsp3) is 0.222. The zero-order valence-electron chi connectivity index (χ0n) is 13.3. The van der Waals surface area contributed by atoms with Gasteiger partial charge in [0, 0.05) is 29.9 Å². The highest BCUT2D eigenvalue weighted by Gasteiger charge is 2.37. The van der Waals surface area contributed by atoms with Gasteiger partial charge < -0.3 is 4.57 Å². The number of hydrogen-bond donors (Lipinski definition) is 0. The summed E-state index contributed by atoms with van der Waals surface area (Å²) in [6.45, 7) is 3.11. The highest BCUT2D eigenvalue weighted by molar-refractivity contribution is 7.89. The average molecular weight is 358 g/mol. The van der Waals surface area contributed by atoms with E-state index in [4.69, 9.17) is 0 Å². The van der Waals surface area contributed by atoms with Crippen molar-refractivity contribution in [2.75, 3.05) is 6.54 Å². The molecule has 0 N–H and O–H groups in total. The molecule has 4 nitrogen and oxygen atoms in total. The topological polar surface area (TPSA) is 42.3 Å². The lowest BCUT2D eigenvalue weighted by Gasteiger charge is -2.35. The van der Waals surface area contributed by atoms with Crippen molar-refractivity contribution in [3.63, 3.8) is 0 Å². The number of hydrogen-bond acceptors (Lipinski definition) is 3. The van der Waals surface area contributed by atoms with Crippen LogP contribution in [-0.2, 0) is 16.6 Å². The van der Waals surface area contributed by atoms with E-state index in [-0.39, 0.29) is 6.04 Å². The zero-order chi connectivity index (χ0) is 16.7. The van der Waals surface area contributed by atoms with Gasteiger partial charge in [0.1, 0.15) is 0 Å². The van der Waals surface area contributed by atoms with Gasteiger partial charge in [0.15, 0.2) is 0 Å². The van der Waals surface area contributed by atoms with Crippen LogP contribution in [0.3, 0.4) is 0 Å². The molecular formula is C18H18N2O2S2. The Labute approximate surface area is 146 Å². The zero-order valence-corrected chi connectivity index (χ0v) is 14.9. The number of fused-ring (bicyclic) bond motifs is 1. The molecule has 0 saturated carbocycles. The van der Waals surface area contributed by atoms with E-state index in [0.29, 0.717) is 18.0 Å². The summed E-state index contributed by atoms with van der Waals surface area (Å²) in [5, 5.41) is 1.99. The third-order valence-electron chi connectivity index (χ3n) is 4.43. The van der Waals surface area contributed by atoms with Crippen LogP contribution in [-0.4, -0.2) is 23.8 Å². The van der Waals surface area contributed by atoms with Crippen LogP contribution in [0, 0.1) is 6.92 Å². The van der Waals surface area contributed by atoms with E-state index in [0.717, 1.165) is 16.1 Å². The molecule has 2 aromatic heterocycles. The largest absolute Gasteiger partial charge is 0.348 e. The molecule has 0 spiro atoms. The molecule has 3 aromatic rings. The van der Waals surface area contributed by atoms with Gasteiger partial charge in [-0.05, 0) is 42.6 Å². The van der Waals surface area contributed by atoms with Crippen LogP contribution in [0.15, 0.2) is 65.0 Å². The van der Waals surface area contributed by atoms with Gasteiger partial charge in [-0.1, -0.05) is 23.8 Å². The standard InChI is InChI=1S/C18H18N2O2S2/c1-14-6-8-15(9-7-14)24(21,22)20-12-11-19-10-2-4-16(19)18(20)17-5-3-13-23-17/h2-10,13,18H,11-12H2,1H3/t18-/m1/s1. The Kier molecular flexibility index (Phi) is 3.83. The summed E-state index contributed by atoms with van der Waals surface area (Å²) in [6, 6.07) is 14.8. The van der Waals surface area contributed by atoms with Crippen molar-refractivity contribution in [2.24, 2.45) is 0 Å². The molecule has 0 radical (unpaired) electrons. The molecular weight excluding hydrogens is 340 g/mol. The van der Waals surface area contributed by atoms with Crippen molar-refractivity contribution in [3.8, 4) is 0 Å². The number of rotatable bonds is 3. The van der Waals surface area contributed by atoms with Gasteiger partial charge in [0.25, 0.3) is 0 Å². The van der Waals surface area contributed by atoms with Gasteiger partial charge in [-0.15, -0.1) is 11.3 Å². The number of aromatic nitrogens is 1. The molecule has 1 aromatic carbocycles. The number of nitrogens with zero attached hydrogens (tertiary/aromatic N) is 2. The molecule has 1 aliphatic rings. The van der Waals surface area contributed by atoms with Crippen molar-refractivity contribution in [2.45, 2.75) is 24.4 Å². The Bertz CT molecular complexity index is 941. The maximum Gasteiger partial charge on any atom is 0.244 e. The van der Waals surface area contributed by atoms with Gasteiger partial charge >= 0.3 is 0 Å². The molecule has 0 fully saturated rings. The van der Waals surface area contributed by atoms with Gasteiger partial charge in [0.2, 0.25) is 10.0 Å². The van der Waals surface area contributed by atoms with Crippen LogP contribution in [0.2, 0.25) is 0 Å². The second kappa shape index (κ2) is 5.88. The van der Waals surface area contributed by atoms with E-state index in [9.17, 15) is 8.42 Å². The summed E-state index contributed by atoms with van der Waals surface area (Å²) in [5.74, 6) is 0. The summed E-state index contributed by atoms with van der Waals surface area (Å²) in [6.07, 6.45) is 2.02. The third kappa shape index (κ3) is 2.51. The van der Waals surface area contributed by atoms with E-state index >= 15 is 0 Å². The lowest BCUT2D eigenvalue weighted by atomic mass is 10.1. The smallest absolute Gasteiger partial charge is 0.244 e. The predicted molar refractivity (Wildman–Crippen MR) is 95.7 cm³/mol. The minimum Gasteiger partial charge on any atom is -0.348 e. The van der Waals surface area contributed by atoms with Gasteiger partial charge in [-0.25, -0.2) is 8.42 Å². The molecule has 1 atom stereocenters. The summed E-state index contributed by atoms with van der Waals surface area (Å²) in [5.41, 5.74) is 2.08. The number of thiophene rings is 1. The maximum absolute atomic E-state index is 13.3. The molecule has 0 bridgehead atoms. The van der Waals surface area contributed by atoms with Gasteiger partial charge in [0.05, 0.1) is 10.9 Å². The minimum atomic E-state index is -3.55. The quantitative estimate of drug-likeness (QED) is 0.717. The van der Waals surface area contributed by atoms with Crippen molar-refractivity contribution >= 4 is 21.4 Å². The third-order valence-corrected chi connectivity index (χ3v) is 7.24. The Morgan fingerprint density at radius 2 is 1.83 bits per heavy atom. The summed E-state index contributed by atoms with van der Waals surface area (Å²) < 4.78 is 30.3. The van der Waals surface area contributed by atoms with Gasteiger partial charge in [-0.3, -0.25) is 0 Å². The Hall–Kier alpha value is -1.89. The van der Waals surface area contributed by atoms with Crippen molar-refractivity contribution in [1.29, 1.82) is 0 Å². The highest BCUT2D eigenvalue weighted by Crippen LogP contribution is 2.38. The van der Waals surface area contributed by atoms with Crippen LogP contribution in [0.4, 0.5) is 0 Å². The summed E-state index contributed by atoms with van der Waals surface area (Å²) >= 11 is 1.59. The molecule has 4 rings (SSSR count). The lowest BCUT2D eigenvalue weighted by molar-refractivity contribution is 0.301. The molecule has 0 aliphatic carbocycles. The first kappa shape index (κ1) is 15.6. The van der Waals surface area contributed by atoms with E-state index in [2.05, 4.69) is 4.57 Å². The van der Waals surface area contributed by atoms with E-state index in [1.165, 1.54) is 0 Å². The number of benzene rings is 1. The molecule has 24 heavy (non-hydrogen) atoms. The maximum atomic E-state index is 13.3. The fourth-order valence-electron chi connectivity index (χ4n) is 3.20. The van der Waals surface area contributed by atoms with E-state index in [1.54, 1.807) is 27.8 Å². The molecule has 6 heteroatoms. The predicted octanol–water partition coefficient (Wildman–Crippen LogP) is 3.65. The van der Waals surface area contributed by atoms with Crippen molar-refractivity contribution in [1.82, 2.24) is 8.87 Å². The monoisotopic (exact) mass is 358 g/mol. The molecule has 1 aliphatic heterocycles. The second-order valence-corrected chi connectivity index (χ2v) is 8.84. The van der Waals surface area contributed by atoms with Crippen LogP contribution in [0.1, 0.15) is 22.2 Å². The van der Waals surface area contributed by atoms with Crippen LogP contribution in [0.5, 0.6) is 0 Å².